The molecular weight excluding hydrogens is 354 g/mol. The standard InChI is InChI=1S/C17H13F4N3O2/c18-13-3-1-2-10-4-9-14-16(25)22(24(26)23(14)15(10)13)12-7-5-11(6-8-12)17(19,20)21/h1-3,5-8,24-25H,4,9H2. The van der Waals surface area contributed by atoms with Crippen LogP contribution < -0.4 is 15.3 Å². The minimum Gasteiger partial charge on any atom is -0.581 e. The van der Waals surface area contributed by atoms with E-state index in [4.69, 9.17) is 0 Å². The van der Waals surface area contributed by atoms with Crippen molar-refractivity contribution in [2.45, 2.75) is 19.0 Å². The number of benzene rings is 2. The van der Waals surface area contributed by atoms with Crippen LogP contribution in [0.1, 0.15) is 17.5 Å². The van der Waals surface area contributed by atoms with Crippen molar-refractivity contribution in [2.75, 3.05) is 10.0 Å². The summed E-state index contributed by atoms with van der Waals surface area (Å²) in [6, 6.07) is 8.29. The Labute approximate surface area is 145 Å². The Hall–Kier alpha value is -2.78. The maximum Gasteiger partial charge on any atom is 0.416 e. The van der Waals surface area contributed by atoms with Crippen LogP contribution in [-0.4, -0.2) is 5.11 Å². The van der Waals surface area contributed by atoms with E-state index in [-0.39, 0.29) is 17.1 Å². The van der Waals surface area contributed by atoms with Crippen molar-refractivity contribution in [3.8, 4) is 0 Å². The highest BCUT2D eigenvalue weighted by atomic mass is 19.4. The summed E-state index contributed by atoms with van der Waals surface area (Å²) in [6.45, 7) is 0. The molecule has 0 spiro atoms. The molecule has 136 valence electrons. The second kappa shape index (κ2) is 5.61. The number of aryl methyl sites for hydroxylation is 1. The second-order valence-electron chi connectivity index (χ2n) is 6.02. The van der Waals surface area contributed by atoms with Crippen LogP contribution >= 0.6 is 0 Å². The molecule has 0 fully saturated rings. The zero-order valence-electron chi connectivity index (χ0n) is 13.2. The molecule has 2 aliphatic heterocycles. The van der Waals surface area contributed by atoms with Crippen LogP contribution in [0.4, 0.5) is 28.9 Å². The lowest BCUT2D eigenvalue weighted by Crippen LogP contribution is -3.19. The summed E-state index contributed by atoms with van der Waals surface area (Å²) in [7, 11) is 0. The van der Waals surface area contributed by atoms with Crippen molar-refractivity contribution in [3.63, 3.8) is 0 Å². The highest BCUT2D eigenvalue weighted by Crippen LogP contribution is 2.37. The SMILES string of the molecule is [O-][NH+]1N(c2ccc(C(F)(F)F)cc2)C(O)=C2CCc3cccc(F)c3N21. The van der Waals surface area contributed by atoms with E-state index in [1.54, 1.807) is 6.07 Å². The molecule has 2 N–H and O–H groups in total. The zero-order chi connectivity index (χ0) is 18.6. The average Bonchev–Trinajstić information content (AvgIpc) is 2.85. The molecule has 2 aromatic rings. The van der Waals surface area contributed by atoms with E-state index >= 15 is 0 Å². The highest BCUT2D eigenvalue weighted by Gasteiger charge is 2.43. The van der Waals surface area contributed by atoms with Gasteiger partial charge in [-0.05, 0) is 42.3 Å². The van der Waals surface area contributed by atoms with Gasteiger partial charge >= 0.3 is 6.18 Å². The second-order valence-corrected chi connectivity index (χ2v) is 6.02. The number of aliphatic hydroxyl groups excluding tert-OH is 1. The van der Waals surface area contributed by atoms with Crippen molar-refractivity contribution in [1.82, 2.24) is 0 Å². The molecule has 0 saturated carbocycles. The molecule has 5 nitrogen and oxygen atoms in total. The first-order chi connectivity index (χ1) is 12.3. The van der Waals surface area contributed by atoms with Crippen molar-refractivity contribution in [3.05, 3.63) is 76.2 Å². The summed E-state index contributed by atoms with van der Waals surface area (Å²) in [5.74, 6) is -1.00. The Morgan fingerprint density at radius 3 is 2.35 bits per heavy atom. The van der Waals surface area contributed by atoms with Gasteiger partial charge in [-0.2, -0.15) is 23.5 Å². The van der Waals surface area contributed by atoms with Crippen LogP contribution in [0.2, 0.25) is 0 Å². The van der Waals surface area contributed by atoms with Crippen LogP contribution in [0.5, 0.6) is 0 Å². The first-order valence-corrected chi connectivity index (χ1v) is 7.80. The monoisotopic (exact) mass is 367 g/mol. The number of hydrogen-bond donors (Lipinski definition) is 2. The number of anilines is 2. The van der Waals surface area contributed by atoms with Gasteiger partial charge in [0.25, 0.3) is 5.88 Å². The summed E-state index contributed by atoms with van der Waals surface area (Å²) < 4.78 is 52.4. The van der Waals surface area contributed by atoms with Crippen LogP contribution in [0, 0.1) is 11.0 Å². The third-order valence-electron chi connectivity index (χ3n) is 4.50. The van der Waals surface area contributed by atoms with Gasteiger partial charge in [0.2, 0.25) is 0 Å². The number of hydrogen-bond acceptors (Lipinski definition) is 4. The number of para-hydroxylation sites is 1. The number of halogens is 4. The van der Waals surface area contributed by atoms with Gasteiger partial charge in [0.05, 0.1) is 5.56 Å². The summed E-state index contributed by atoms with van der Waals surface area (Å²) in [5.41, 5.74) is 0.130. The molecule has 0 amide bonds. The van der Waals surface area contributed by atoms with E-state index in [0.29, 0.717) is 18.4 Å². The van der Waals surface area contributed by atoms with Crippen molar-refractivity contribution in [2.24, 2.45) is 0 Å². The van der Waals surface area contributed by atoms with E-state index in [0.717, 1.165) is 34.3 Å². The fourth-order valence-corrected chi connectivity index (χ4v) is 3.29. The largest absolute Gasteiger partial charge is 0.581 e. The smallest absolute Gasteiger partial charge is 0.416 e. The van der Waals surface area contributed by atoms with Gasteiger partial charge in [0, 0.05) is 6.42 Å². The average molecular weight is 367 g/mol. The van der Waals surface area contributed by atoms with Crippen LogP contribution in [0.15, 0.2) is 54.0 Å². The Kier molecular flexibility index (Phi) is 3.60. The zero-order valence-corrected chi connectivity index (χ0v) is 13.2. The molecule has 0 radical (unpaired) electrons. The molecule has 4 rings (SSSR count). The fraction of sp³-hybridized carbons (Fsp3) is 0.176. The van der Waals surface area contributed by atoms with Gasteiger partial charge in [-0.1, -0.05) is 12.1 Å². The normalized spacial score (nSPS) is 19.7. The van der Waals surface area contributed by atoms with Gasteiger partial charge in [-0.3, -0.25) is 0 Å². The molecule has 0 saturated heterocycles. The van der Waals surface area contributed by atoms with Gasteiger partial charge in [0.1, 0.15) is 17.1 Å². The van der Waals surface area contributed by atoms with Gasteiger partial charge in [-0.15, -0.1) is 5.01 Å². The van der Waals surface area contributed by atoms with E-state index in [2.05, 4.69) is 0 Å². The number of nitrogens with one attached hydrogen (secondary N) is 1. The number of aliphatic hydroxyl groups is 1. The predicted octanol–water partition coefficient (Wildman–Crippen LogP) is 3.06. The molecule has 9 heteroatoms. The Balaban J connectivity index is 1.75. The molecule has 2 aromatic carbocycles. The number of allylic oxidation sites excluding steroid dienone is 1. The maximum absolute atomic E-state index is 14.3. The highest BCUT2D eigenvalue weighted by molar-refractivity contribution is 5.63. The van der Waals surface area contributed by atoms with E-state index in [9.17, 15) is 27.9 Å². The Morgan fingerprint density at radius 1 is 1.00 bits per heavy atom. The Morgan fingerprint density at radius 2 is 1.69 bits per heavy atom. The fourth-order valence-electron chi connectivity index (χ4n) is 3.29. The number of rotatable bonds is 1. The van der Waals surface area contributed by atoms with Gasteiger partial charge in [-0.25, -0.2) is 4.39 Å². The molecule has 2 aliphatic rings. The quantitative estimate of drug-likeness (QED) is 0.601. The molecule has 0 aliphatic carbocycles. The lowest BCUT2D eigenvalue weighted by molar-refractivity contribution is -0.854. The maximum atomic E-state index is 14.3. The van der Waals surface area contributed by atoms with E-state index < -0.39 is 28.7 Å². The lowest BCUT2D eigenvalue weighted by Gasteiger charge is -2.36. The van der Waals surface area contributed by atoms with E-state index in [1.807, 2.05) is 0 Å². The third-order valence-corrected chi connectivity index (χ3v) is 4.50. The van der Waals surface area contributed by atoms with Gasteiger partial charge in [0.15, 0.2) is 5.82 Å². The number of nitrogens with zero attached hydrogens (tertiary/aromatic N) is 2. The minimum absolute atomic E-state index is 0.0692. The van der Waals surface area contributed by atoms with Gasteiger partial charge < -0.3 is 10.3 Å². The summed E-state index contributed by atoms with van der Waals surface area (Å²) >= 11 is 0. The number of quaternary nitrogens is 1. The topological polar surface area (TPSA) is 54.2 Å². The molecule has 1 unspecified atom stereocenters. The molecule has 2 heterocycles. The van der Waals surface area contributed by atoms with Crippen LogP contribution in [-0.2, 0) is 12.6 Å². The Bertz CT molecular complexity index is 896. The van der Waals surface area contributed by atoms with Crippen LogP contribution in [0.25, 0.3) is 0 Å². The predicted molar refractivity (Wildman–Crippen MR) is 85.1 cm³/mol. The van der Waals surface area contributed by atoms with E-state index in [1.165, 1.54) is 12.1 Å². The van der Waals surface area contributed by atoms with Crippen molar-refractivity contribution < 1.29 is 27.9 Å². The minimum atomic E-state index is -4.51. The summed E-state index contributed by atoms with van der Waals surface area (Å²) in [4.78, 5) is 0. The summed E-state index contributed by atoms with van der Waals surface area (Å²) in [6.07, 6.45) is -3.75. The molecule has 0 bridgehead atoms. The number of fused-ring (bicyclic) bond motifs is 3. The number of alkyl halides is 3. The lowest BCUT2D eigenvalue weighted by atomic mass is 10.0. The first-order valence-electron chi connectivity index (χ1n) is 7.80. The van der Waals surface area contributed by atoms with Crippen molar-refractivity contribution in [1.29, 1.82) is 0 Å². The molecule has 26 heavy (non-hydrogen) atoms. The summed E-state index contributed by atoms with van der Waals surface area (Å²) in [5, 5.41) is 24.5. The van der Waals surface area contributed by atoms with Crippen LogP contribution in [0.3, 0.4) is 0 Å². The van der Waals surface area contributed by atoms with Crippen molar-refractivity contribution >= 4 is 11.4 Å². The third kappa shape index (κ3) is 2.39. The molecule has 1 atom stereocenters. The molecule has 0 aromatic heterocycles. The first kappa shape index (κ1) is 16.7. The molecular formula is C17H13F4N3O2.